The van der Waals surface area contributed by atoms with Crippen molar-refractivity contribution < 1.29 is 0 Å². The van der Waals surface area contributed by atoms with E-state index in [1.54, 1.807) is 5.56 Å². The molecule has 2 aliphatic carbocycles. The Morgan fingerprint density at radius 3 is 2.44 bits per heavy atom. The second kappa shape index (κ2) is 10.5. The van der Waals surface area contributed by atoms with Crippen molar-refractivity contribution in [2.75, 3.05) is 0 Å². The first-order valence-electron chi connectivity index (χ1n) is 14.9. The molecule has 1 aromatic heterocycles. The van der Waals surface area contributed by atoms with Gasteiger partial charge in [-0.3, -0.25) is 0 Å². The summed E-state index contributed by atoms with van der Waals surface area (Å²) in [6.45, 7) is 2.25. The standard InChI is InChI=1S/C34H38N4S/c1-22(36-34(24-14-6-3-7-15-24)37-33(35)23-12-4-2-5-13-23)38-29-18-10-8-16-25(29)27-20-21-28-26-17-9-11-19-30(26)39-32(28)31(27)38/h2,4-5,8,10,12-13,16,18,20-22,24,26,30H,3,6-7,9,11,14-15,17,19H2,1H3,(H2,35,36,37). The summed E-state index contributed by atoms with van der Waals surface area (Å²) in [5.74, 6) is 2.54. The van der Waals surface area contributed by atoms with Gasteiger partial charge in [0.25, 0.3) is 0 Å². The van der Waals surface area contributed by atoms with E-state index in [9.17, 15) is 0 Å². The fourth-order valence-corrected chi connectivity index (χ4v) is 8.97. The molecule has 0 radical (unpaired) electrons. The molecule has 4 nitrogen and oxygen atoms in total. The SMILES string of the molecule is CC(/N=C(\N=C(/N)c1ccccc1)C1CCCCC1)n1c2ccccc2c2ccc3c(c21)SC1CCCCC31. The van der Waals surface area contributed by atoms with Gasteiger partial charge in [-0.1, -0.05) is 92.8 Å². The van der Waals surface area contributed by atoms with Crippen LogP contribution in [0.25, 0.3) is 21.8 Å². The molecule has 0 amide bonds. The Morgan fingerprint density at radius 1 is 0.846 bits per heavy atom. The molecular weight excluding hydrogens is 496 g/mol. The van der Waals surface area contributed by atoms with E-state index in [0.717, 1.165) is 29.5 Å². The molecule has 2 fully saturated rings. The second-order valence-corrected chi connectivity index (χ2v) is 12.9. The number of fused-ring (bicyclic) bond motifs is 7. The van der Waals surface area contributed by atoms with E-state index in [4.69, 9.17) is 15.7 Å². The van der Waals surface area contributed by atoms with Crippen LogP contribution < -0.4 is 5.73 Å². The van der Waals surface area contributed by atoms with Gasteiger partial charge in [0.05, 0.1) is 11.0 Å². The average Bonchev–Trinajstić information content (AvgIpc) is 3.54. The van der Waals surface area contributed by atoms with Gasteiger partial charge in [0.15, 0.2) is 0 Å². The fraction of sp³-hybridized carbons (Fsp3) is 0.412. The molecule has 3 aliphatic rings. The van der Waals surface area contributed by atoms with Gasteiger partial charge >= 0.3 is 0 Å². The normalized spacial score (nSPS) is 23.2. The molecule has 1 aliphatic heterocycles. The molecule has 0 saturated heterocycles. The molecule has 0 bridgehead atoms. The molecular formula is C34H38N4S. The predicted octanol–water partition coefficient (Wildman–Crippen LogP) is 8.83. The number of hydrogen-bond acceptors (Lipinski definition) is 2. The molecule has 4 aromatic rings. The Balaban J connectivity index is 1.38. The van der Waals surface area contributed by atoms with Gasteiger partial charge in [-0.15, -0.1) is 11.8 Å². The molecule has 3 atom stereocenters. The summed E-state index contributed by atoms with van der Waals surface area (Å²) in [6.07, 6.45) is 11.3. The highest BCUT2D eigenvalue weighted by Gasteiger charge is 2.37. The largest absolute Gasteiger partial charge is 0.383 e. The third kappa shape index (κ3) is 4.49. The summed E-state index contributed by atoms with van der Waals surface area (Å²) in [7, 11) is 0. The van der Waals surface area contributed by atoms with Crippen molar-refractivity contribution in [3.05, 3.63) is 77.9 Å². The van der Waals surface area contributed by atoms with Crippen LogP contribution in [-0.4, -0.2) is 21.5 Å². The highest BCUT2D eigenvalue weighted by atomic mass is 32.2. The lowest BCUT2D eigenvalue weighted by atomic mass is 9.84. The number of aromatic nitrogens is 1. The van der Waals surface area contributed by atoms with Gasteiger partial charge in [-0.2, -0.15) is 0 Å². The minimum Gasteiger partial charge on any atom is -0.383 e. The van der Waals surface area contributed by atoms with Crippen molar-refractivity contribution >= 4 is 45.2 Å². The molecule has 200 valence electrons. The number of nitrogens with two attached hydrogens (primary N) is 1. The van der Waals surface area contributed by atoms with Crippen LogP contribution in [0.1, 0.15) is 87.9 Å². The monoisotopic (exact) mass is 534 g/mol. The van der Waals surface area contributed by atoms with E-state index in [0.29, 0.717) is 17.7 Å². The Labute approximate surface area is 235 Å². The van der Waals surface area contributed by atoms with Gasteiger partial charge in [-0.25, -0.2) is 9.98 Å². The molecule has 0 spiro atoms. The maximum Gasteiger partial charge on any atom is 0.132 e. The van der Waals surface area contributed by atoms with E-state index in [1.807, 2.05) is 30.3 Å². The molecule has 2 heterocycles. The number of thioether (sulfide) groups is 1. The Kier molecular flexibility index (Phi) is 6.72. The quantitative estimate of drug-likeness (QED) is 0.210. The topological polar surface area (TPSA) is 55.7 Å². The van der Waals surface area contributed by atoms with Gasteiger partial charge in [0.2, 0.25) is 0 Å². The van der Waals surface area contributed by atoms with Crippen LogP contribution in [0.3, 0.4) is 0 Å². The van der Waals surface area contributed by atoms with Gasteiger partial charge < -0.3 is 10.3 Å². The smallest absolute Gasteiger partial charge is 0.132 e. The van der Waals surface area contributed by atoms with E-state index < -0.39 is 0 Å². The van der Waals surface area contributed by atoms with Crippen LogP contribution in [0.4, 0.5) is 0 Å². The zero-order valence-electron chi connectivity index (χ0n) is 22.9. The average molecular weight is 535 g/mol. The lowest BCUT2D eigenvalue weighted by Crippen LogP contribution is -2.23. The van der Waals surface area contributed by atoms with E-state index in [-0.39, 0.29) is 6.17 Å². The number of aliphatic imine (C=N–C) groups is 2. The Hall–Kier alpha value is -3.05. The number of hydrogen-bond donors (Lipinski definition) is 1. The van der Waals surface area contributed by atoms with Crippen LogP contribution in [-0.2, 0) is 0 Å². The molecule has 39 heavy (non-hydrogen) atoms. The Morgan fingerprint density at radius 2 is 1.59 bits per heavy atom. The maximum atomic E-state index is 6.58. The highest BCUT2D eigenvalue weighted by Crippen LogP contribution is 2.55. The molecule has 7 rings (SSSR count). The molecule has 5 heteroatoms. The van der Waals surface area contributed by atoms with Gasteiger partial charge in [0.1, 0.15) is 17.8 Å². The predicted molar refractivity (Wildman–Crippen MR) is 166 cm³/mol. The lowest BCUT2D eigenvalue weighted by molar-refractivity contribution is 0.433. The van der Waals surface area contributed by atoms with E-state index in [1.165, 1.54) is 71.6 Å². The van der Waals surface area contributed by atoms with Crippen LogP contribution in [0.2, 0.25) is 0 Å². The van der Waals surface area contributed by atoms with Crippen molar-refractivity contribution in [3.63, 3.8) is 0 Å². The van der Waals surface area contributed by atoms with Crippen molar-refractivity contribution in [1.82, 2.24) is 4.57 Å². The van der Waals surface area contributed by atoms with Gasteiger partial charge in [-0.05, 0) is 50.2 Å². The number of para-hydroxylation sites is 1. The van der Waals surface area contributed by atoms with Crippen molar-refractivity contribution in [2.24, 2.45) is 21.6 Å². The van der Waals surface area contributed by atoms with Crippen molar-refractivity contribution in [1.29, 1.82) is 0 Å². The third-order valence-electron chi connectivity index (χ3n) is 9.20. The zero-order valence-corrected chi connectivity index (χ0v) is 23.7. The van der Waals surface area contributed by atoms with Crippen LogP contribution in [0.15, 0.2) is 81.6 Å². The minimum absolute atomic E-state index is 0.0774. The number of nitrogens with zero attached hydrogens (tertiary/aromatic N) is 3. The summed E-state index contributed by atoms with van der Waals surface area (Å²) in [5, 5.41) is 3.39. The third-order valence-corrected chi connectivity index (χ3v) is 10.7. The highest BCUT2D eigenvalue weighted by molar-refractivity contribution is 8.00. The number of rotatable bonds is 4. The zero-order chi connectivity index (χ0) is 26.3. The minimum atomic E-state index is -0.0774. The first-order valence-corrected chi connectivity index (χ1v) is 15.8. The summed E-state index contributed by atoms with van der Waals surface area (Å²) < 4.78 is 2.50. The van der Waals surface area contributed by atoms with Crippen LogP contribution >= 0.6 is 11.8 Å². The molecule has 3 aromatic carbocycles. The van der Waals surface area contributed by atoms with Crippen LogP contribution in [0.5, 0.6) is 0 Å². The van der Waals surface area contributed by atoms with Crippen molar-refractivity contribution in [2.45, 2.75) is 86.9 Å². The Bertz CT molecular complexity index is 1560. The summed E-state index contributed by atoms with van der Waals surface area (Å²) in [4.78, 5) is 12.0. The van der Waals surface area contributed by atoms with Crippen LogP contribution in [0, 0.1) is 5.92 Å². The summed E-state index contributed by atoms with van der Waals surface area (Å²) in [6, 6.07) is 23.8. The van der Waals surface area contributed by atoms with E-state index in [2.05, 4.69) is 59.7 Å². The first-order chi connectivity index (χ1) is 19.2. The first kappa shape index (κ1) is 25.0. The molecule has 2 saturated carbocycles. The molecule has 2 N–H and O–H groups in total. The summed E-state index contributed by atoms with van der Waals surface area (Å²) in [5.41, 5.74) is 11.7. The van der Waals surface area contributed by atoms with Gasteiger partial charge in [0, 0.05) is 32.4 Å². The van der Waals surface area contributed by atoms with E-state index >= 15 is 0 Å². The fourth-order valence-electron chi connectivity index (χ4n) is 7.26. The molecule has 3 unspecified atom stereocenters. The maximum absolute atomic E-state index is 6.58. The number of amidine groups is 2. The number of benzene rings is 3. The lowest BCUT2D eigenvalue weighted by Gasteiger charge is -2.24. The van der Waals surface area contributed by atoms with Crippen molar-refractivity contribution in [3.8, 4) is 0 Å². The summed E-state index contributed by atoms with van der Waals surface area (Å²) >= 11 is 2.13. The second-order valence-electron chi connectivity index (χ2n) is 11.6.